The van der Waals surface area contributed by atoms with Crippen molar-refractivity contribution >= 4 is 11.8 Å². The Bertz CT molecular complexity index is 486. The van der Waals surface area contributed by atoms with Gasteiger partial charge in [-0.25, -0.2) is 0 Å². The molecule has 1 aliphatic heterocycles. The Kier molecular flexibility index (Phi) is 2.65. The van der Waals surface area contributed by atoms with Gasteiger partial charge in [-0.1, -0.05) is 12.5 Å². The zero-order valence-electron chi connectivity index (χ0n) is 10.4. The van der Waals surface area contributed by atoms with E-state index in [0.717, 1.165) is 24.8 Å². The van der Waals surface area contributed by atoms with Gasteiger partial charge in [0, 0.05) is 19.4 Å². The molecule has 2 amide bonds. The molecule has 1 saturated carbocycles. The summed E-state index contributed by atoms with van der Waals surface area (Å²) >= 11 is 0. The summed E-state index contributed by atoms with van der Waals surface area (Å²) < 4.78 is 0. The van der Waals surface area contributed by atoms with Crippen molar-refractivity contribution in [3.8, 4) is 0 Å². The van der Waals surface area contributed by atoms with Gasteiger partial charge in [0.1, 0.15) is 0 Å². The standard InChI is InChI=1S/C14H16N2O2/c1-16-13(17)11-6-2-5-10(12(11)14(16)18)9-4-3-7-15-8-9/h3-4,7-8,10-12H,2,5-6H2,1H3. The topological polar surface area (TPSA) is 50.3 Å². The van der Waals surface area contributed by atoms with Crippen molar-refractivity contribution in [2.75, 3.05) is 7.05 Å². The number of imide groups is 1. The highest BCUT2D eigenvalue weighted by molar-refractivity contribution is 6.05. The third kappa shape index (κ3) is 1.55. The number of fused-ring (bicyclic) bond motifs is 1. The average Bonchev–Trinajstić information content (AvgIpc) is 2.65. The SMILES string of the molecule is CN1C(=O)C2CCCC(c3cccnc3)C2C1=O. The number of aromatic nitrogens is 1. The number of hydrogen-bond acceptors (Lipinski definition) is 3. The summed E-state index contributed by atoms with van der Waals surface area (Å²) in [6, 6.07) is 3.90. The quantitative estimate of drug-likeness (QED) is 0.705. The van der Waals surface area contributed by atoms with E-state index in [9.17, 15) is 9.59 Å². The smallest absolute Gasteiger partial charge is 0.233 e. The number of likely N-dealkylation sites (tertiary alicyclic amines) is 1. The summed E-state index contributed by atoms with van der Waals surface area (Å²) in [7, 11) is 1.60. The number of carbonyl (C=O) groups is 2. The van der Waals surface area contributed by atoms with Gasteiger partial charge in [-0.2, -0.15) is 0 Å². The number of hydrogen-bond donors (Lipinski definition) is 0. The highest BCUT2D eigenvalue weighted by atomic mass is 16.2. The molecule has 0 spiro atoms. The van der Waals surface area contributed by atoms with E-state index in [-0.39, 0.29) is 29.6 Å². The molecule has 4 heteroatoms. The van der Waals surface area contributed by atoms with Crippen LogP contribution in [-0.4, -0.2) is 28.7 Å². The van der Waals surface area contributed by atoms with Gasteiger partial charge >= 0.3 is 0 Å². The van der Waals surface area contributed by atoms with Gasteiger partial charge in [-0.15, -0.1) is 0 Å². The Morgan fingerprint density at radius 2 is 2.00 bits per heavy atom. The van der Waals surface area contributed by atoms with Crippen molar-refractivity contribution in [3.05, 3.63) is 30.1 Å². The van der Waals surface area contributed by atoms with Crippen molar-refractivity contribution < 1.29 is 9.59 Å². The fourth-order valence-corrected chi connectivity index (χ4v) is 3.37. The minimum absolute atomic E-state index is 0.00131. The lowest BCUT2D eigenvalue weighted by Crippen LogP contribution is -2.29. The van der Waals surface area contributed by atoms with E-state index >= 15 is 0 Å². The molecule has 3 rings (SSSR count). The van der Waals surface area contributed by atoms with Crippen molar-refractivity contribution in [3.63, 3.8) is 0 Å². The molecule has 2 aliphatic rings. The zero-order chi connectivity index (χ0) is 12.7. The molecule has 2 fully saturated rings. The second kappa shape index (κ2) is 4.19. The van der Waals surface area contributed by atoms with Gasteiger partial charge in [0.05, 0.1) is 11.8 Å². The Hall–Kier alpha value is -1.71. The Morgan fingerprint density at radius 3 is 2.72 bits per heavy atom. The first-order valence-corrected chi connectivity index (χ1v) is 6.41. The molecule has 0 radical (unpaired) electrons. The highest BCUT2D eigenvalue weighted by Crippen LogP contribution is 2.45. The van der Waals surface area contributed by atoms with E-state index in [2.05, 4.69) is 4.98 Å². The molecule has 1 aromatic heterocycles. The van der Waals surface area contributed by atoms with Crippen molar-refractivity contribution in [1.29, 1.82) is 0 Å². The summed E-state index contributed by atoms with van der Waals surface area (Å²) in [4.78, 5) is 29.7. The molecule has 2 heterocycles. The second-order valence-corrected chi connectivity index (χ2v) is 5.19. The molecule has 0 N–H and O–H groups in total. The lowest BCUT2D eigenvalue weighted by atomic mass is 9.71. The molecule has 3 atom stereocenters. The molecule has 1 saturated heterocycles. The minimum Gasteiger partial charge on any atom is -0.285 e. The van der Waals surface area contributed by atoms with E-state index in [0.29, 0.717) is 0 Å². The van der Waals surface area contributed by atoms with E-state index in [4.69, 9.17) is 0 Å². The zero-order valence-corrected chi connectivity index (χ0v) is 10.4. The first-order chi connectivity index (χ1) is 8.70. The maximum atomic E-state index is 12.2. The van der Waals surface area contributed by atoms with Crippen molar-refractivity contribution in [2.24, 2.45) is 11.8 Å². The van der Waals surface area contributed by atoms with Crippen LogP contribution in [0.4, 0.5) is 0 Å². The van der Waals surface area contributed by atoms with Crippen LogP contribution in [0.25, 0.3) is 0 Å². The molecule has 1 aromatic rings. The predicted octanol–water partition coefficient (Wildman–Crippen LogP) is 1.58. The van der Waals surface area contributed by atoms with Crippen LogP contribution >= 0.6 is 0 Å². The van der Waals surface area contributed by atoms with Gasteiger partial charge in [-0.3, -0.25) is 19.5 Å². The summed E-state index contributed by atoms with van der Waals surface area (Å²) in [6.45, 7) is 0. The molecule has 3 unspecified atom stereocenters. The third-order valence-electron chi connectivity index (χ3n) is 4.27. The molecule has 4 nitrogen and oxygen atoms in total. The molecule has 0 aromatic carbocycles. The Balaban J connectivity index is 1.97. The van der Waals surface area contributed by atoms with Crippen LogP contribution in [0.3, 0.4) is 0 Å². The fraction of sp³-hybridized carbons (Fsp3) is 0.500. The van der Waals surface area contributed by atoms with Gasteiger partial charge in [-0.05, 0) is 30.4 Å². The highest BCUT2D eigenvalue weighted by Gasteiger charge is 2.51. The van der Waals surface area contributed by atoms with E-state index in [1.165, 1.54) is 4.90 Å². The number of carbonyl (C=O) groups excluding carboxylic acids is 2. The maximum absolute atomic E-state index is 12.2. The largest absolute Gasteiger partial charge is 0.285 e. The van der Waals surface area contributed by atoms with Gasteiger partial charge < -0.3 is 0 Å². The fourth-order valence-electron chi connectivity index (χ4n) is 3.37. The lowest BCUT2D eigenvalue weighted by molar-refractivity contribution is -0.138. The second-order valence-electron chi connectivity index (χ2n) is 5.19. The maximum Gasteiger partial charge on any atom is 0.233 e. The van der Waals surface area contributed by atoms with E-state index < -0.39 is 0 Å². The van der Waals surface area contributed by atoms with Crippen LogP contribution in [0.2, 0.25) is 0 Å². The lowest BCUT2D eigenvalue weighted by Gasteiger charge is -2.30. The first kappa shape index (κ1) is 11.4. The number of pyridine rings is 1. The van der Waals surface area contributed by atoms with Crippen LogP contribution in [0.5, 0.6) is 0 Å². The first-order valence-electron chi connectivity index (χ1n) is 6.41. The number of amides is 2. The number of rotatable bonds is 1. The van der Waals surface area contributed by atoms with Crippen LogP contribution in [0, 0.1) is 11.8 Å². The van der Waals surface area contributed by atoms with Crippen LogP contribution in [-0.2, 0) is 9.59 Å². The van der Waals surface area contributed by atoms with Crippen molar-refractivity contribution in [2.45, 2.75) is 25.2 Å². The van der Waals surface area contributed by atoms with Gasteiger partial charge in [0.2, 0.25) is 11.8 Å². The molecule has 94 valence electrons. The minimum atomic E-state index is -0.166. The summed E-state index contributed by atoms with van der Waals surface area (Å²) in [5.41, 5.74) is 1.09. The normalized spacial score (nSPS) is 31.6. The molecule has 0 bridgehead atoms. The van der Waals surface area contributed by atoms with Gasteiger partial charge in [0.25, 0.3) is 0 Å². The molecular weight excluding hydrogens is 228 g/mol. The van der Waals surface area contributed by atoms with Crippen molar-refractivity contribution in [1.82, 2.24) is 9.88 Å². The Labute approximate surface area is 106 Å². The van der Waals surface area contributed by atoms with E-state index in [1.54, 1.807) is 13.2 Å². The van der Waals surface area contributed by atoms with E-state index in [1.807, 2.05) is 18.3 Å². The van der Waals surface area contributed by atoms with Crippen LogP contribution in [0.1, 0.15) is 30.7 Å². The summed E-state index contributed by atoms with van der Waals surface area (Å²) in [6.07, 6.45) is 6.38. The average molecular weight is 244 g/mol. The monoisotopic (exact) mass is 244 g/mol. The summed E-state index contributed by atoms with van der Waals surface area (Å²) in [5, 5.41) is 0. The molecular formula is C14H16N2O2. The Morgan fingerprint density at radius 1 is 1.22 bits per heavy atom. The molecule has 18 heavy (non-hydrogen) atoms. The predicted molar refractivity (Wildman–Crippen MR) is 65.6 cm³/mol. The third-order valence-corrected chi connectivity index (χ3v) is 4.27. The van der Waals surface area contributed by atoms with Crippen LogP contribution in [0.15, 0.2) is 24.5 Å². The van der Waals surface area contributed by atoms with Gasteiger partial charge in [0.15, 0.2) is 0 Å². The molecule has 1 aliphatic carbocycles. The number of nitrogens with zero attached hydrogens (tertiary/aromatic N) is 2. The van der Waals surface area contributed by atoms with Crippen LogP contribution < -0.4 is 0 Å². The summed E-state index contributed by atoms with van der Waals surface area (Å²) in [5.74, 6) is -0.141.